The first kappa shape index (κ1) is 20.5. The molecule has 2 aromatic rings. The summed E-state index contributed by atoms with van der Waals surface area (Å²) in [5, 5.41) is 6.30. The Balaban J connectivity index is 1.46. The average Bonchev–Trinajstić information content (AvgIpc) is 3.02. The number of nitrogens with zero attached hydrogens (tertiary/aromatic N) is 2. The molecule has 1 aliphatic heterocycles. The standard InChI is InChI=1S/C21H28N4O2S/c1-21(2,3)15-7-5-14(6-8-15)19(27)22-11-9-18(26)24-20-23-16-10-12-25(4)13-17(16)28-20/h5-8H,9-13H2,1-4H3,(H,22,27)(H,23,24,26). The molecule has 0 aliphatic carbocycles. The number of rotatable bonds is 5. The number of likely N-dealkylation sites (N-methyl/N-ethyl adjacent to an activating group) is 1. The highest BCUT2D eigenvalue weighted by molar-refractivity contribution is 7.15. The number of nitrogens with one attached hydrogen (secondary N) is 2. The predicted octanol–water partition coefficient (Wildman–Crippen LogP) is 3.19. The Morgan fingerprint density at radius 3 is 2.61 bits per heavy atom. The summed E-state index contributed by atoms with van der Waals surface area (Å²) in [4.78, 5) is 32.4. The molecule has 0 unspecified atom stereocenters. The first-order valence-electron chi connectivity index (χ1n) is 9.58. The molecular formula is C21H28N4O2S. The van der Waals surface area contributed by atoms with Crippen LogP contribution in [-0.2, 0) is 23.2 Å². The molecule has 0 atom stereocenters. The van der Waals surface area contributed by atoms with E-state index in [9.17, 15) is 9.59 Å². The Morgan fingerprint density at radius 2 is 1.93 bits per heavy atom. The molecule has 7 heteroatoms. The smallest absolute Gasteiger partial charge is 0.251 e. The van der Waals surface area contributed by atoms with E-state index in [1.54, 1.807) is 0 Å². The second-order valence-electron chi connectivity index (χ2n) is 8.26. The molecule has 0 bridgehead atoms. The molecule has 3 rings (SSSR count). The van der Waals surface area contributed by atoms with Gasteiger partial charge in [-0.1, -0.05) is 32.9 Å². The molecule has 1 aromatic carbocycles. The minimum absolute atomic E-state index is 0.0531. The lowest BCUT2D eigenvalue weighted by atomic mass is 9.87. The summed E-state index contributed by atoms with van der Waals surface area (Å²) in [6, 6.07) is 7.60. The van der Waals surface area contributed by atoms with Gasteiger partial charge in [0.05, 0.1) is 5.69 Å². The van der Waals surface area contributed by atoms with Gasteiger partial charge in [-0.2, -0.15) is 0 Å². The lowest BCUT2D eigenvalue weighted by Crippen LogP contribution is -2.27. The van der Waals surface area contributed by atoms with Crippen molar-refractivity contribution >= 4 is 28.3 Å². The van der Waals surface area contributed by atoms with E-state index in [0.717, 1.165) is 25.2 Å². The van der Waals surface area contributed by atoms with Gasteiger partial charge in [0, 0.05) is 42.9 Å². The van der Waals surface area contributed by atoms with E-state index < -0.39 is 0 Å². The predicted molar refractivity (Wildman–Crippen MR) is 113 cm³/mol. The van der Waals surface area contributed by atoms with E-state index in [1.807, 2.05) is 24.3 Å². The number of hydrogen-bond donors (Lipinski definition) is 2. The van der Waals surface area contributed by atoms with Crippen molar-refractivity contribution in [1.29, 1.82) is 0 Å². The van der Waals surface area contributed by atoms with Crippen LogP contribution in [-0.4, -0.2) is 41.8 Å². The van der Waals surface area contributed by atoms with E-state index in [2.05, 4.69) is 48.3 Å². The van der Waals surface area contributed by atoms with Crippen molar-refractivity contribution in [1.82, 2.24) is 15.2 Å². The first-order chi connectivity index (χ1) is 13.2. The normalized spacial score (nSPS) is 14.4. The van der Waals surface area contributed by atoms with Crippen molar-refractivity contribution in [3.8, 4) is 0 Å². The number of carbonyl (C=O) groups excluding carboxylic acids is 2. The van der Waals surface area contributed by atoms with Gasteiger partial charge in [0.15, 0.2) is 5.13 Å². The summed E-state index contributed by atoms with van der Waals surface area (Å²) in [5.41, 5.74) is 2.92. The maximum absolute atomic E-state index is 12.3. The second-order valence-corrected chi connectivity index (χ2v) is 9.34. The highest BCUT2D eigenvalue weighted by Gasteiger charge is 2.19. The molecule has 0 saturated heterocycles. The molecular weight excluding hydrogens is 372 g/mol. The fraction of sp³-hybridized carbons (Fsp3) is 0.476. The third-order valence-electron chi connectivity index (χ3n) is 4.82. The summed E-state index contributed by atoms with van der Waals surface area (Å²) in [7, 11) is 2.08. The van der Waals surface area contributed by atoms with Gasteiger partial charge in [-0.15, -0.1) is 11.3 Å². The van der Waals surface area contributed by atoms with E-state index in [-0.39, 0.29) is 23.7 Å². The largest absolute Gasteiger partial charge is 0.352 e. The van der Waals surface area contributed by atoms with Crippen LogP contribution in [0.15, 0.2) is 24.3 Å². The number of carbonyl (C=O) groups is 2. The van der Waals surface area contributed by atoms with Gasteiger partial charge in [-0.3, -0.25) is 9.59 Å². The zero-order valence-corrected chi connectivity index (χ0v) is 17.8. The minimum atomic E-state index is -0.166. The molecule has 28 heavy (non-hydrogen) atoms. The van der Waals surface area contributed by atoms with E-state index in [1.165, 1.54) is 21.8 Å². The van der Waals surface area contributed by atoms with E-state index >= 15 is 0 Å². The lowest BCUT2D eigenvalue weighted by molar-refractivity contribution is -0.116. The molecule has 0 fully saturated rings. The summed E-state index contributed by atoms with van der Waals surface area (Å²) >= 11 is 1.54. The van der Waals surface area contributed by atoms with Crippen LogP contribution in [0.4, 0.5) is 5.13 Å². The van der Waals surface area contributed by atoms with Gasteiger partial charge >= 0.3 is 0 Å². The van der Waals surface area contributed by atoms with E-state index in [0.29, 0.717) is 17.2 Å². The lowest BCUT2D eigenvalue weighted by Gasteiger charge is -2.20. The number of hydrogen-bond acceptors (Lipinski definition) is 5. The Labute approximate surface area is 170 Å². The number of fused-ring (bicyclic) bond motifs is 1. The summed E-state index contributed by atoms with van der Waals surface area (Å²) in [6.45, 7) is 8.58. The number of amides is 2. The summed E-state index contributed by atoms with van der Waals surface area (Å²) in [6.07, 6.45) is 1.14. The molecule has 1 aliphatic rings. The van der Waals surface area contributed by atoms with Crippen molar-refractivity contribution in [3.63, 3.8) is 0 Å². The highest BCUT2D eigenvalue weighted by Crippen LogP contribution is 2.27. The van der Waals surface area contributed by atoms with Crippen molar-refractivity contribution in [2.24, 2.45) is 0 Å². The SMILES string of the molecule is CN1CCc2nc(NC(=O)CCNC(=O)c3ccc(C(C)(C)C)cc3)sc2C1. The highest BCUT2D eigenvalue weighted by atomic mass is 32.1. The van der Waals surface area contributed by atoms with Crippen LogP contribution in [0.2, 0.25) is 0 Å². The maximum Gasteiger partial charge on any atom is 0.251 e. The van der Waals surface area contributed by atoms with Gasteiger partial charge < -0.3 is 15.5 Å². The Kier molecular flexibility index (Phi) is 6.15. The Morgan fingerprint density at radius 1 is 1.21 bits per heavy atom. The van der Waals surface area contributed by atoms with Crippen molar-refractivity contribution in [2.45, 2.75) is 45.6 Å². The molecule has 6 nitrogen and oxygen atoms in total. The Hall–Kier alpha value is -2.25. The third kappa shape index (κ3) is 5.17. The van der Waals surface area contributed by atoms with Crippen LogP contribution in [0.3, 0.4) is 0 Å². The average molecular weight is 401 g/mol. The third-order valence-corrected chi connectivity index (χ3v) is 5.82. The quantitative estimate of drug-likeness (QED) is 0.808. The van der Waals surface area contributed by atoms with Crippen LogP contribution in [0.5, 0.6) is 0 Å². The van der Waals surface area contributed by atoms with Gasteiger partial charge in [0.1, 0.15) is 0 Å². The van der Waals surface area contributed by atoms with Gasteiger partial charge in [-0.25, -0.2) is 4.98 Å². The van der Waals surface area contributed by atoms with Crippen LogP contribution >= 0.6 is 11.3 Å². The molecule has 0 spiro atoms. The molecule has 2 N–H and O–H groups in total. The van der Waals surface area contributed by atoms with Crippen LogP contribution in [0.25, 0.3) is 0 Å². The van der Waals surface area contributed by atoms with Gasteiger partial charge in [0.25, 0.3) is 5.91 Å². The topological polar surface area (TPSA) is 74.3 Å². The number of anilines is 1. The van der Waals surface area contributed by atoms with Crippen molar-refractivity contribution in [2.75, 3.05) is 25.5 Å². The Bertz CT molecular complexity index is 852. The first-order valence-corrected chi connectivity index (χ1v) is 10.4. The molecule has 2 heterocycles. The van der Waals surface area contributed by atoms with E-state index in [4.69, 9.17) is 0 Å². The van der Waals surface area contributed by atoms with Gasteiger partial charge in [-0.05, 0) is 30.2 Å². The fourth-order valence-electron chi connectivity index (χ4n) is 3.07. The molecule has 1 aromatic heterocycles. The number of thiazole rings is 1. The maximum atomic E-state index is 12.3. The number of aromatic nitrogens is 1. The minimum Gasteiger partial charge on any atom is -0.352 e. The zero-order valence-electron chi connectivity index (χ0n) is 17.0. The fourth-order valence-corrected chi connectivity index (χ4v) is 4.18. The van der Waals surface area contributed by atoms with Crippen molar-refractivity contribution < 1.29 is 9.59 Å². The van der Waals surface area contributed by atoms with Crippen LogP contribution in [0, 0.1) is 0 Å². The van der Waals surface area contributed by atoms with Crippen LogP contribution in [0.1, 0.15) is 53.7 Å². The monoisotopic (exact) mass is 400 g/mol. The second kappa shape index (κ2) is 8.41. The van der Waals surface area contributed by atoms with Gasteiger partial charge in [0.2, 0.25) is 5.91 Å². The summed E-state index contributed by atoms with van der Waals surface area (Å²) in [5.74, 6) is -0.302. The van der Waals surface area contributed by atoms with Crippen LogP contribution < -0.4 is 10.6 Å². The molecule has 150 valence electrons. The molecule has 0 radical (unpaired) electrons. The molecule has 2 amide bonds. The number of benzene rings is 1. The molecule has 0 saturated carbocycles. The van der Waals surface area contributed by atoms with Crippen molar-refractivity contribution in [3.05, 3.63) is 46.0 Å². The summed E-state index contributed by atoms with van der Waals surface area (Å²) < 4.78 is 0. The zero-order chi connectivity index (χ0) is 20.3.